The average molecular weight is 414 g/mol. The molecule has 29 heavy (non-hydrogen) atoms. The van der Waals surface area contributed by atoms with Gasteiger partial charge in [0.15, 0.2) is 0 Å². The standard InChI is InChI=1S/C20H16F2N4O2S/c1-23-20(27)18-7-12(10-29-18)26-16-8-14(22)15(6-11(16)9-24-26)25-19-13(21)4-3-5-17(19)28-2/h3-10,25H,1-2H3,(H,23,27). The quantitative estimate of drug-likeness (QED) is 0.505. The van der Waals surface area contributed by atoms with Crippen LogP contribution in [0.2, 0.25) is 0 Å². The van der Waals surface area contributed by atoms with Gasteiger partial charge in [-0.3, -0.25) is 4.79 Å². The maximum absolute atomic E-state index is 14.8. The smallest absolute Gasteiger partial charge is 0.261 e. The van der Waals surface area contributed by atoms with E-state index in [0.29, 0.717) is 21.5 Å². The fraction of sp³-hybridized carbons (Fsp3) is 0.100. The molecule has 1 amide bonds. The van der Waals surface area contributed by atoms with Crippen LogP contribution in [0.15, 0.2) is 48.0 Å². The SMILES string of the molecule is CNC(=O)c1cc(-n2ncc3cc(Nc4c(F)cccc4OC)c(F)cc32)cs1. The number of ether oxygens (including phenoxy) is 1. The number of para-hydroxylation sites is 1. The van der Waals surface area contributed by atoms with Gasteiger partial charge in [-0.2, -0.15) is 5.10 Å². The number of carbonyl (C=O) groups excluding carboxylic acids is 1. The van der Waals surface area contributed by atoms with Crippen LogP contribution < -0.4 is 15.4 Å². The van der Waals surface area contributed by atoms with Crippen molar-refractivity contribution in [1.29, 1.82) is 0 Å². The molecule has 0 atom stereocenters. The highest BCUT2D eigenvalue weighted by Crippen LogP contribution is 2.33. The molecule has 0 saturated carbocycles. The highest BCUT2D eigenvalue weighted by molar-refractivity contribution is 7.12. The van der Waals surface area contributed by atoms with Crippen molar-refractivity contribution >= 4 is 39.5 Å². The summed E-state index contributed by atoms with van der Waals surface area (Å²) in [6, 6.07) is 8.91. The maximum Gasteiger partial charge on any atom is 0.261 e. The van der Waals surface area contributed by atoms with E-state index in [-0.39, 0.29) is 23.0 Å². The molecule has 6 nitrogen and oxygen atoms in total. The Morgan fingerprint density at radius 3 is 2.79 bits per heavy atom. The molecule has 4 rings (SSSR count). The van der Waals surface area contributed by atoms with E-state index < -0.39 is 11.6 Å². The number of hydrogen-bond acceptors (Lipinski definition) is 5. The summed E-state index contributed by atoms with van der Waals surface area (Å²) < 4.78 is 35.7. The second-order valence-electron chi connectivity index (χ2n) is 6.14. The molecule has 0 spiro atoms. The molecule has 9 heteroatoms. The lowest BCUT2D eigenvalue weighted by molar-refractivity contribution is 0.0967. The minimum absolute atomic E-state index is 0.0497. The Hall–Kier alpha value is -3.46. The number of methoxy groups -OCH3 is 1. The molecule has 0 radical (unpaired) electrons. The van der Waals surface area contributed by atoms with Gasteiger partial charge in [-0.15, -0.1) is 11.3 Å². The van der Waals surface area contributed by atoms with Gasteiger partial charge in [0.2, 0.25) is 0 Å². The highest BCUT2D eigenvalue weighted by Gasteiger charge is 2.16. The van der Waals surface area contributed by atoms with Crippen LogP contribution in [0.25, 0.3) is 16.6 Å². The summed E-state index contributed by atoms with van der Waals surface area (Å²) in [6.45, 7) is 0. The first-order valence-electron chi connectivity index (χ1n) is 8.59. The molecule has 2 aromatic carbocycles. The van der Waals surface area contributed by atoms with Gasteiger partial charge in [-0.25, -0.2) is 13.5 Å². The molecular formula is C20H16F2N4O2S. The monoisotopic (exact) mass is 414 g/mol. The third-order valence-corrected chi connectivity index (χ3v) is 5.31. The first kappa shape index (κ1) is 18.9. The number of thiophene rings is 1. The van der Waals surface area contributed by atoms with Crippen molar-refractivity contribution < 1.29 is 18.3 Å². The number of aromatic nitrogens is 2. The second kappa shape index (κ2) is 7.51. The van der Waals surface area contributed by atoms with Gasteiger partial charge in [-0.05, 0) is 24.3 Å². The van der Waals surface area contributed by atoms with Gasteiger partial charge >= 0.3 is 0 Å². The predicted octanol–water partition coefficient (Wildman–Crippen LogP) is 4.48. The normalized spacial score (nSPS) is 10.9. The Morgan fingerprint density at radius 1 is 1.21 bits per heavy atom. The van der Waals surface area contributed by atoms with Gasteiger partial charge in [0.05, 0.1) is 35.1 Å². The van der Waals surface area contributed by atoms with Crippen molar-refractivity contribution in [3.05, 3.63) is 64.5 Å². The fourth-order valence-electron chi connectivity index (χ4n) is 2.96. The minimum atomic E-state index is -0.577. The number of carbonyl (C=O) groups is 1. The summed E-state index contributed by atoms with van der Waals surface area (Å²) in [5, 5.41) is 12.1. The number of nitrogens with zero attached hydrogens (tertiary/aromatic N) is 2. The van der Waals surface area contributed by atoms with E-state index in [4.69, 9.17) is 4.74 Å². The van der Waals surface area contributed by atoms with Gasteiger partial charge < -0.3 is 15.4 Å². The maximum atomic E-state index is 14.8. The summed E-state index contributed by atoms with van der Waals surface area (Å²) in [5.74, 6) is -1.07. The molecule has 2 N–H and O–H groups in total. The van der Waals surface area contributed by atoms with E-state index in [0.717, 1.165) is 0 Å². The Kier molecular flexibility index (Phi) is 4.89. The summed E-state index contributed by atoms with van der Waals surface area (Å²) in [7, 11) is 2.97. The number of fused-ring (bicyclic) bond motifs is 1. The number of hydrogen-bond donors (Lipinski definition) is 2. The Bertz CT molecular complexity index is 1220. The zero-order valence-electron chi connectivity index (χ0n) is 15.5. The lowest BCUT2D eigenvalue weighted by atomic mass is 10.2. The number of anilines is 2. The number of rotatable bonds is 5. The summed E-state index contributed by atoms with van der Waals surface area (Å²) in [5.41, 5.74) is 1.32. The third-order valence-electron chi connectivity index (χ3n) is 4.39. The van der Waals surface area contributed by atoms with Crippen LogP contribution in [0, 0.1) is 11.6 Å². The van der Waals surface area contributed by atoms with Gasteiger partial charge in [0, 0.05) is 23.9 Å². The molecule has 0 unspecified atom stereocenters. The minimum Gasteiger partial charge on any atom is -0.494 e. The molecule has 0 aliphatic heterocycles. The average Bonchev–Trinajstić information content (AvgIpc) is 3.36. The number of benzene rings is 2. The molecule has 0 saturated heterocycles. The largest absolute Gasteiger partial charge is 0.494 e. The van der Waals surface area contributed by atoms with Crippen molar-refractivity contribution in [1.82, 2.24) is 15.1 Å². The Morgan fingerprint density at radius 2 is 2.03 bits per heavy atom. The van der Waals surface area contributed by atoms with E-state index in [1.807, 2.05) is 0 Å². The zero-order chi connectivity index (χ0) is 20.5. The highest BCUT2D eigenvalue weighted by atomic mass is 32.1. The lowest BCUT2D eigenvalue weighted by Crippen LogP contribution is -2.16. The molecule has 148 valence electrons. The number of nitrogens with one attached hydrogen (secondary N) is 2. The molecular weight excluding hydrogens is 398 g/mol. The molecule has 4 aromatic rings. The number of halogens is 2. The zero-order valence-corrected chi connectivity index (χ0v) is 16.3. The summed E-state index contributed by atoms with van der Waals surface area (Å²) >= 11 is 1.27. The third kappa shape index (κ3) is 3.40. The molecule has 2 heterocycles. The lowest BCUT2D eigenvalue weighted by Gasteiger charge is -2.13. The molecule has 0 bridgehead atoms. The van der Waals surface area contributed by atoms with E-state index in [9.17, 15) is 13.6 Å². The van der Waals surface area contributed by atoms with E-state index in [2.05, 4.69) is 15.7 Å². The van der Waals surface area contributed by atoms with Crippen molar-refractivity contribution in [2.45, 2.75) is 0 Å². The molecule has 0 aliphatic carbocycles. The van der Waals surface area contributed by atoms with Gasteiger partial charge in [0.25, 0.3) is 5.91 Å². The van der Waals surface area contributed by atoms with Gasteiger partial charge in [-0.1, -0.05) is 6.07 Å². The van der Waals surface area contributed by atoms with E-state index >= 15 is 0 Å². The van der Waals surface area contributed by atoms with Crippen LogP contribution in [-0.4, -0.2) is 29.8 Å². The first-order chi connectivity index (χ1) is 14.0. The van der Waals surface area contributed by atoms with E-state index in [1.165, 1.54) is 36.6 Å². The predicted molar refractivity (Wildman–Crippen MR) is 109 cm³/mol. The van der Waals surface area contributed by atoms with Crippen LogP contribution in [0.1, 0.15) is 9.67 Å². The second-order valence-corrected chi connectivity index (χ2v) is 7.05. The Balaban J connectivity index is 1.73. The van der Waals surface area contributed by atoms with E-state index in [1.54, 1.807) is 41.5 Å². The van der Waals surface area contributed by atoms with Crippen molar-refractivity contribution in [2.75, 3.05) is 19.5 Å². The van der Waals surface area contributed by atoms with Crippen LogP contribution in [0.5, 0.6) is 5.75 Å². The van der Waals surface area contributed by atoms with Crippen molar-refractivity contribution in [3.63, 3.8) is 0 Å². The van der Waals surface area contributed by atoms with Crippen LogP contribution in [0.4, 0.5) is 20.2 Å². The van der Waals surface area contributed by atoms with Crippen LogP contribution >= 0.6 is 11.3 Å². The van der Waals surface area contributed by atoms with Crippen LogP contribution in [0.3, 0.4) is 0 Å². The molecule has 0 aliphatic rings. The van der Waals surface area contributed by atoms with Gasteiger partial charge in [0.1, 0.15) is 23.1 Å². The van der Waals surface area contributed by atoms with Crippen molar-refractivity contribution in [2.24, 2.45) is 0 Å². The summed E-state index contributed by atoms with van der Waals surface area (Å²) in [4.78, 5) is 12.3. The van der Waals surface area contributed by atoms with Crippen LogP contribution in [-0.2, 0) is 0 Å². The first-order valence-corrected chi connectivity index (χ1v) is 9.47. The molecule has 2 aromatic heterocycles. The number of amides is 1. The molecule has 0 fully saturated rings. The fourth-order valence-corrected chi connectivity index (χ4v) is 3.77. The Labute approximate surface area is 168 Å². The summed E-state index contributed by atoms with van der Waals surface area (Å²) in [6.07, 6.45) is 1.58. The van der Waals surface area contributed by atoms with Crippen molar-refractivity contribution in [3.8, 4) is 11.4 Å². The topological polar surface area (TPSA) is 68.2 Å².